The second-order valence-corrected chi connectivity index (χ2v) is 6.74. The molecule has 1 aliphatic rings. The third kappa shape index (κ3) is 2.83. The fraction of sp³-hybridized carbons (Fsp3) is 0.353. The third-order valence-electron chi connectivity index (χ3n) is 4.03. The molecular weight excluding hydrogens is 372 g/mol. The molecule has 0 spiro atoms. The van der Waals surface area contributed by atoms with E-state index in [2.05, 4.69) is 26.0 Å². The number of hydrogen-bond acceptors (Lipinski definition) is 5. The number of aliphatic hydroxyl groups excluding tert-OH is 1. The Kier molecular flexibility index (Phi) is 4.07. The van der Waals surface area contributed by atoms with Gasteiger partial charge in [0.25, 0.3) is 0 Å². The number of aliphatic hydroxyl groups is 1. The minimum atomic E-state index is -1.10. The van der Waals surface area contributed by atoms with Crippen LogP contribution in [-0.4, -0.2) is 31.5 Å². The first-order valence-corrected chi connectivity index (χ1v) is 8.78. The Balaban J connectivity index is 1.91. The van der Waals surface area contributed by atoms with E-state index in [0.717, 1.165) is 28.8 Å². The summed E-state index contributed by atoms with van der Waals surface area (Å²) in [7, 11) is 0. The molecule has 1 N–H and O–H groups in total. The Morgan fingerprint density at radius 1 is 1.42 bits per heavy atom. The van der Waals surface area contributed by atoms with Crippen LogP contribution in [0.1, 0.15) is 43.5 Å². The summed E-state index contributed by atoms with van der Waals surface area (Å²) >= 11 is 3.48. The van der Waals surface area contributed by atoms with Crippen molar-refractivity contribution in [3.63, 3.8) is 0 Å². The van der Waals surface area contributed by atoms with Crippen molar-refractivity contribution in [1.82, 2.24) is 19.7 Å². The summed E-state index contributed by atoms with van der Waals surface area (Å²) in [5.41, 5.74) is 2.00. The van der Waals surface area contributed by atoms with Crippen molar-refractivity contribution >= 4 is 27.0 Å². The number of halogens is 1. The van der Waals surface area contributed by atoms with Crippen molar-refractivity contribution in [2.75, 3.05) is 6.61 Å². The predicted molar refractivity (Wildman–Crippen MR) is 92.9 cm³/mol. The molecule has 124 valence electrons. The quantitative estimate of drug-likeness (QED) is 0.677. The average molecular weight is 389 g/mol. The van der Waals surface area contributed by atoms with E-state index in [0.29, 0.717) is 29.3 Å². The van der Waals surface area contributed by atoms with E-state index in [-0.39, 0.29) is 0 Å². The zero-order chi connectivity index (χ0) is 16.7. The summed E-state index contributed by atoms with van der Waals surface area (Å²) in [6, 6.07) is 7.81. The molecule has 0 amide bonds. The van der Waals surface area contributed by atoms with Crippen LogP contribution in [0.3, 0.4) is 0 Å². The number of rotatable bonds is 5. The second kappa shape index (κ2) is 6.23. The molecule has 3 aromatic rings. The molecule has 0 radical (unpaired) electrons. The molecule has 0 aliphatic heterocycles. The standard InChI is InChI=1S/C17H17BrN4O2/c1-2-24-17(23)14-13-9-19-15(10-6-7-10)20-16(13)22(21-14)12-5-3-4-11(18)8-12/h3-5,8-10,17,23H,2,6-7H2,1H3. The van der Waals surface area contributed by atoms with E-state index in [1.54, 1.807) is 10.9 Å². The summed E-state index contributed by atoms with van der Waals surface area (Å²) in [6.45, 7) is 2.23. The molecule has 24 heavy (non-hydrogen) atoms. The van der Waals surface area contributed by atoms with E-state index in [9.17, 15) is 5.11 Å². The monoisotopic (exact) mass is 388 g/mol. The van der Waals surface area contributed by atoms with Crippen molar-refractivity contribution in [1.29, 1.82) is 0 Å². The fourth-order valence-electron chi connectivity index (χ4n) is 2.68. The van der Waals surface area contributed by atoms with Gasteiger partial charge in [-0.3, -0.25) is 0 Å². The van der Waals surface area contributed by atoms with Gasteiger partial charge in [-0.1, -0.05) is 22.0 Å². The van der Waals surface area contributed by atoms with Crippen molar-refractivity contribution < 1.29 is 9.84 Å². The van der Waals surface area contributed by atoms with Gasteiger partial charge in [0.15, 0.2) is 5.65 Å². The van der Waals surface area contributed by atoms with Gasteiger partial charge in [-0.2, -0.15) is 5.10 Å². The van der Waals surface area contributed by atoms with Crippen LogP contribution >= 0.6 is 15.9 Å². The molecule has 2 heterocycles. The lowest BCUT2D eigenvalue weighted by Crippen LogP contribution is -2.05. The van der Waals surface area contributed by atoms with Crippen molar-refractivity contribution in [3.05, 3.63) is 46.5 Å². The number of hydrogen-bond donors (Lipinski definition) is 1. The SMILES string of the molecule is CCOC(O)c1nn(-c2cccc(Br)c2)c2nc(C3CC3)ncc12. The van der Waals surface area contributed by atoms with Gasteiger partial charge in [0.1, 0.15) is 11.5 Å². The Morgan fingerprint density at radius 2 is 2.25 bits per heavy atom. The fourth-order valence-corrected chi connectivity index (χ4v) is 3.07. The molecule has 4 rings (SSSR count). The Morgan fingerprint density at radius 3 is 2.96 bits per heavy atom. The molecule has 0 saturated heterocycles. The normalized spacial score (nSPS) is 15.8. The molecule has 1 saturated carbocycles. The molecule has 7 heteroatoms. The van der Waals surface area contributed by atoms with Gasteiger partial charge in [-0.15, -0.1) is 0 Å². The molecule has 0 bridgehead atoms. The second-order valence-electron chi connectivity index (χ2n) is 5.82. The molecule has 2 aromatic heterocycles. The largest absolute Gasteiger partial charge is 0.363 e. The van der Waals surface area contributed by atoms with Gasteiger partial charge in [-0.05, 0) is 38.0 Å². The predicted octanol–water partition coefficient (Wildman–Crippen LogP) is 3.48. The Hall–Kier alpha value is -1.83. The van der Waals surface area contributed by atoms with Gasteiger partial charge in [-0.25, -0.2) is 14.6 Å². The smallest absolute Gasteiger partial charge is 0.201 e. The highest BCUT2D eigenvalue weighted by Gasteiger charge is 2.28. The van der Waals surface area contributed by atoms with E-state index in [1.165, 1.54) is 0 Å². The number of nitrogens with zero attached hydrogens (tertiary/aromatic N) is 4. The molecular formula is C17H17BrN4O2. The van der Waals surface area contributed by atoms with E-state index in [1.807, 2.05) is 31.2 Å². The minimum Gasteiger partial charge on any atom is -0.363 e. The van der Waals surface area contributed by atoms with Crippen LogP contribution < -0.4 is 0 Å². The maximum absolute atomic E-state index is 10.3. The lowest BCUT2D eigenvalue weighted by molar-refractivity contribution is -0.0999. The van der Waals surface area contributed by atoms with Crippen LogP contribution in [0.2, 0.25) is 0 Å². The molecule has 1 atom stereocenters. The van der Waals surface area contributed by atoms with Crippen molar-refractivity contribution in [2.24, 2.45) is 0 Å². The first-order valence-electron chi connectivity index (χ1n) is 7.98. The maximum atomic E-state index is 10.3. The summed E-state index contributed by atoms with van der Waals surface area (Å²) < 4.78 is 8.01. The summed E-state index contributed by atoms with van der Waals surface area (Å²) in [4.78, 5) is 9.17. The average Bonchev–Trinajstić information content (AvgIpc) is 3.35. The number of fused-ring (bicyclic) bond motifs is 1. The highest BCUT2D eigenvalue weighted by Crippen LogP contribution is 2.38. The van der Waals surface area contributed by atoms with E-state index >= 15 is 0 Å². The van der Waals surface area contributed by atoms with Crippen LogP contribution in [0.5, 0.6) is 0 Å². The Labute approximate surface area is 147 Å². The van der Waals surface area contributed by atoms with Crippen LogP contribution in [0.15, 0.2) is 34.9 Å². The van der Waals surface area contributed by atoms with Gasteiger partial charge in [0.2, 0.25) is 6.29 Å². The van der Waals surface area contributed by atoms with Gasteiger partial charge < -0.3 is 9.84 Å². The van der Waals surface area contributed by atoms with Crippen LogP contribution in [0, 0.1) is 0 Å². The van der Waals surface area contributed by atoms with E-state index < -0.39 is 6.29 Å². The van der Waals surface area contributed by atoms with Crippen LogP contribution in [0.4, 0.5) is 0 Å². The maximum Gasteiger partial charge on any atom is 0.201 e. The van der Waals surface area contributed by atoms with Gasteiger partial charge in [0.05, 0.1) is 11.1 Å². The molecule has 6 nitrogen and oxygen atoms in total. The number of benzene rings is 1. The topological polar surface area (TPSA) is 73.1 Å². The number of ether oxygens (including phenoxy) is 1. The molecule has 1 fully saturated rings. The zero-order valence-corrected chi connectivity index (χ0v) is 14.8. The highest BCUT2D eigenvalue weighted by molar-refractivity contribution is 9.10. The zero-order valence-electron chi connectivity index (χ0n) is 13.2. The van der Waals surface area contributed by atoms with E-state index in [4.69, 9.17) is 9.72 Å². The van der Waals surface area contributed by atoms with Crippen molar-refractivity contribution in [2.45, 2.75) is 32.0 Å². The van der Waals surface area contributed by atoms with Gasteiger partial charge in [0, 0.05) is 23.2 Å². The first kappa shape index (κ1) is 15.7. The number of aromatic nitrogens is 4. The first-order chi connectivity index (χ1) is 11.7. The Bertz CT molecular complexity index is 891. The van der Waals surface area contributed by atoms with Crippen LogP contribution in [0.25, 0.3) is 16.7 Å². The third-order valence-corrected chi connectivity index (χ3v) is 4.52. The summed E-state index contributed by atoms with van der Waals surface area (Å²) in [5.74, 6) is 1.29. The van der Waals surface area contributed by atoms with Gasteiger partial charge >= 0.3 is 0 Å². The summed E-state index contributed by atoms with van der Waals surface area (Å²) in [6.07, 6.45) is 2.91. The molecule has 1 unspecified atom stereocenters. The summed E-state index contributed by atoms with van der Waals surface area (Å²) in [5, 5.41) is 15.5. The lowest BCUT2D eigenvalue weighted by Gasteiger charge is -2.07. The molecule has 1 aliphatic carbocycles. The van der Waals surface area contributed by atoms with Crippen molar-refractivity contribution in [3.8, 4) is 5.69 Å². The minimum absolute atomic E-state index is 0.396. The highest BCUT2D eigenvalue weighted by atomic mass is 79.9. The lowest BCUT2D eigenvalue weighted by atomic mass is 10.2. The van der Waals surface area contributed by atoms with Crippen LogP contribution in [-0.2, 0) is 4.74 Å². The molecule has 1 aromatic carbocycles.